The lowest BCUT2D eigenvalue weighted by Gasteiger charge is -2.23. The van der Waals surface area contributed by atoms with Gasteiger partial charge in [0.15, 0.2) is 11.5 Å². The smallest absolute Gasteiger partial charge is 0.419 e. The van der Waals surface area contributed by atoms with Gasteiger partial charge in [0.1, 0.15) is 17.5 Å². The number of ether oxygens (including phenoxy) is 2. The van der Waals surface area contributed by atoms with Crippen molar-refractivity contribution in [1.82, 2.24) is 14.9 Å². The lowest BCUT2D eigenvalue weighted by molar-refractivity contribution is -0.140. The van der Waals surface area contributed by atoms with Crippen LogP contribution in [0, 0.1) is 18.2 Å². The summed E-state index contributed by atoms with van der Waals surface area (Å²) in [5, 5.41) is 3.62. The molecule has 7 nitrogen and oxygen atoms in total. The summed E-state index contributed by atoms with van der Waals surface area (Å²) in [6, 6.07) is 4.38. The van der Waals surface area contributed by atoms with Crippen LogP contribution in [0.1, 0.15) is 49.7 Å². The molecule has 0 radical (unpaired) electrons. The highest BCUT2D eigenvalue weighted by atomic mass is 19.4. The Kier molecular flexibility index (Phi) is 7.60. The van der Waals surface area contributed by atoms with Crippen LogP contribution in [-0.2, 0) is 6.18 Å². The number of hydrogen-bond donors (Lipinski definition) is 2. The number of benzene rings is 2. The zero-order chi connectivity index (χ0) is 27.8. The Hall–Kier alpha value is -3.34. The van der Waals surface area contributed by atoms with E-state index in [1.165, 1.54) is 6.07 Å². The Bertz CT molecular complexity index is 1330. The van der Waals surface area contributed by atoms with Crippen LogP contribution in [0.5, 0.6) is 11.5 Å². The first kappa shape index (κ1) is 27.7. The third-order valence-electron chi connectivity index (χ3n) is 6.98. The maximum absolute atomic E-state index is 14.9. The third-order valence-corrected chi connectivity index (χ3v) is 6.98. The van der Waals surface area contributed by atoms with Crippen LogP contribution in [0.25, 0.3) is 10.9 Å². The SMILES string of the molecule is CCN(C)CC1(COc2cc3c(N[C@H](C)c4cc(N)cc(C(F)(F)F)c4F)nc(C)nc3cc2OC)CC1. The fourth-order valence-corrected chi connectivity index (χ4v) is 4.55. The highest BCUT2D eigenvalue weighted by molar-refractivity contribution is 5.92. The summed E-state index contributed by atoms with van der Waals surface area (Å²) in [7, 11) is 3.62. The molecular weight excluding hydrogens is 502 g/mol. The monoisotopic (exact) mass is 535 g/mol. The zero-order valence-electron chi connectivity index (χ0n) is 22.2. The molecule has 3 aromatic rings. The van der Waals surface area contributed by atoms with E-state index in [0.29, 0.717) is 46.7 Å². The van der Waals surface area contributed by atoms with Crippen molar-refractivity contribution in [2.75, 3.05) is 44.9 Å². The molecule has 1 fully saturated rings. The zero-order valence-corrected chi connectivity index (χ0v) is 22.2. The summed E-state index contributed by atoms with van der Waals surface area (Å²) < 4.78 is 66.8. The normalized spacial score (nSPS) is 15.5. The van der Waals surface area contributed by atoms with Crippen molar-refractivity contribution in [2.24, 2.45) is 5.41 Å². The fourth-order valence-electron chi connectivity index (χ4n) is 4.55. The molecule has 0 aliphatic heterocycles. The van der Waals surface area contributed by atoms with Gasteiger partial charge in [-0.2, -0.15) is 13.2 Å². The lowest BCUT2D eigenvalue weighted by atomic mass is 10.0. The number of rotatable bonds is 10. The Morgan fingerprint density at radius 2 is 1.87 bits per heavy atom. The number of hydrogen-bond acceptors (Lipinski definition) is 7. The predicted molar refractivity (Wildman–Crippen MR) is 139 cm³/mol. The third kappa shape index (κ3) is 5.87. The van der Waals surface area contributed by atoms with Crippen molar-refractivity contribution in [3.63, 3.8) is 0 Å². The first-order chi connectivity index (χ1) is 17.9. The highest BCUT2D eigenvalue weighted by Gasteiger charge is 2.44. The van der Waals surface area contributed by atoms with Crippen LogP contribution < -0.4 is 20.5 Å². The summed E-state index contributed by atoms with van der Waals surface area (Å²) in [5.74, 6) is 0.384. The largest absolute Gasteiger partial charge is 0.493 e. The molecule has 2 aromatic carbocycles. The summed E-state index contributed by atoms with van der Waals surface area (Å²) in [4.78, 5) is 11.2. The van der Waals surface area contributed by atoms with E-state index in [1.54, 1.807) is 33.1 Å². The van der Waals surface area contributed by atoms with Crippen LogP contribution in [0.3, 0.4) is 0 Å². The summed E-state index contributed by atoms with van der Waals surface area (Å²) >= 11 is 0. The second-order valence-electron chi connectivity index (χ2n) is 10.1. The van der Waals surface area contributed by atoms with Gasteiger partial charge in [-0.05, 0) is 58.5 Å². The number of halogens is 4. The number of nitrogen functional groups attached to an aromatic ring is 1. The van der Waals surface area contributed by atoms with Crippen molar-refractivity contribution in [2.45, 2.75) is 45.8 Å². The van der Waals surface area contributed by atoms with E-state index in [4.69, 9.17) is 15.2 Å². The van der Waals surface area contributed by atoms with Crippen molar-refractivity contribution in [3.05, 3.63) is 47.0 Å². The highest BCUT2D eigenvalue weighted by Crippen LogP contribution is 2.47. The second kappa shape index (κ2) is 10.4. The number of nitrogens with two attached hydrogens (primary N) is 1. The van der Waals surface area contributed by atoms with Gasteiger partial charge in [-0.15, -0.1) is 0 Å². The summed E-state index contributed by atoms with van der Waals surface area (Å²) in [6.45, 7) is 7.74. The molecule has 0 unspecified atom stereocenters. The molecule has 38 heavy (non-hydrogen) atoms. The van der Waals surface area contributed by atoms with Gasteiger partial charge < -0.3 is 25.4 Å². The average Bonchev–Trinajstić information content (AvgIpc) is 3.61. The number of alkyl halides is 3. The first-order valence-corrected chi connectivity index (χ1v) is 12.5. The average molecular weight is 536 g/mol. The predicted octanol–water partition coefficient (Wildman–Crippen LogP) is 5.97. The molecule has 1 aliphatic carbocycles. The topological polar surface area (TPSA) is 85.5 Å². The molecule has 11 heteroatoms. The van der Waals surface area contributed by atoms with E-state index in [2.05, 4.69) is 34.2 Å². The van der Waals surface area contributed by atoms with E-state index in [1.807, 2.05) is 0 Å². The van der Waals surface area contributed by atoms with Gasteiger partial charge in [-0.25, -0.2) is 14.4 Å². The number of nitrogens with zero attached hydrogens (tertiary/aromatic N) is 3. The van der Waals surface area contributed by atoms with Crippen LogP contribution >= 0.6 is 0 Å². The Balaban J connectivity index is 1.68. The molecular formula is C27H33F4N5O2. The van der Waals surface area contributed by atoms with Crippen molar-refractivity contribution >= 4 is 22.4 Å². The first-order valence-electron chi connectivity index (χ1n) is 12.5. The summed E-state index contributed by atoms with van der Waals surface area (Å²) in [5.41, 5.74) is 4.50. The van der Waals surface area contributed by atoms with E-state index in [0.717, 1.165) is 25.9 Å². The Labute approximate surface area is 219 Å². The quantitative estimate of drug-likeness (QED) is 0.244. The van der Waals surface area contributed by atoms with Gasteiger partial charge in [0.05, 0.1) is 30.8 Å². The number of methoxy groups -OCH3 is 1. The van der Waals surface area contributed by atoms with E-state index in [9.17, 15) is 17.6 Å². The van der Waals surface area contributed by atoms with E-state index in [-0.39, 0.29) is 16.7 Å². The molecule has 1 aromatic heterocycles. The molecule has 1 aliphatic rings. The van der Waals surface area contributed by atoms with Gasteiger partial charge >= 0.3 is 6.18 Å². The van der Waals surface area contributed by atoms with Crippen LogP contribution in [-0.4, -0.2) is 48.7 Å². The molecule has 0 spiro atoms. The minimum atomic E-state index is -4.88. The molecule has 206 valence electrons. The Morgan fingerprint density at radius 1 is 1.16 bits per heavy atom. The molecule has 0 amide bonds. The molecule has 1 heterocycles. The molecule has 3 N–H and O–H groups in total. The van der Waals surface area contributed by atoms with Gasteiger partial charge in [-0.3, -0.25) is 0 Å². The number of aryl methyl sites for hydroxylation is 1. The van der Waals surface area contributed by atoms with Crippen LogP contribution in [0.4, 0.5) is 29.1 Å². The van der Waals surface area contributed by atoms with Gasteiger partial charge in [0, 0.05) is 34.7 Å². The molecule has 0 saturated heterocycles. The number of nitrogens with one attached hydrogen (secondary N) is 1. The Morgan fingerprint density at radius 3 is 2.47 bits per heavy atom. The standard InChI is InChI=1S/C27H33F4N5O2/c1-6-36(4)13-26(7-8-26)14-38-23-11-19-21(12-22(23)37-5)34-16(3)35-25(19)33-15(2)18-9-17(32)10-20(24(18)28)27(29,30)31/h9-12,15H,6-8,13-14,32H2,1-5H3,(H,33,34,35)/t15-/m1/s1. The second-order valence-corrected chi connectivity index (χ2v) is 10.1. The molecule has 1 atom stereocenters. The van der Waals surface area contributed by atoms with Gasteiger partial charge in [0.2, 0.25) is 0 Å². The van der Waals surface area contributed by atoms with Gasteiger partial charge in [-0.1, -0.05) is 6.92 Å². The van der Waals surface area contributed by atoms with Gasteiger partial charge in [0.25, 0.3) is 0 Å². The maximum atomic E-state index is 14.9. The number of fused-ring (bicyclic) bond motifs is 1. The van der Waals surface area contributed by atoms with Crippen molar-refractivity contribution in [1.29, 1.82) is 0 Å². The minimum absolute atomic E-state index is 0.0883. The maximum Gasteiger partial charge on any atom is 0.419 e. The number of anilines is 2. The fraction of sp³-hybridized carbons (Fsp3) is 0.481. The molecule has 1 saturated carbocycles. The summed E-state index contributed by atoms with van der Waals surface area (Å²) in [6.07, 6.45) is -2.73. The lowest BCUT2D eigenvalue weighted by Crippen LogP contribution is -2.30. The van der Waals surface area contributed by atoms with Crippen molar-refractivity contribution in [3.8, 4) is 11.5 Å². The van der Waals surface area contributed by atoms with E-state index < -0.39 is 23.6 Å². The van der Waals surface area contributed by atoms with Crippen LogP contribution in [0.15, 0.2) is 24.3 Å². The van der Waals surface area contributed by atoms with Crippen LogP contribution in [0.2, 0.25) is 0 Å². The minimum Gasteiger partial charge on any atom is -0.493 e. The van der Waals surface area contributed by atoms with Crippen molar-refractivity contribution < 1.29 is 27.0 Å². The molecule has 0 bridgehead atoms. The van der Waals surface area contributed by atoms with E-state index >= 15 is 0 Å². The molecule has 4 rings (SSSR count). The number of aromatic nitrogens is 2.